The van der Waals surface area contributed by atoms with Crippen molar-refractivity contribution in [3.63, 3.8) is 0 Å². The van der Waals surface area contributed by atoms with E-state index >= 15 is 0 Å². The zero-order valence-electron chi connectivity index (χ0n) is 25.0. The molecule has 0 amide bonds. The molecule has 0 unspecified atom stereocenters. The van der Waals surface area contributed by atoms with E-state index in [9.17, 15) is 0 Å². The van der Waals surface area contributed by atoms with E-state index in [-0.39, 0.29) is 0 Å². The largest absolute Gasteiger partial charge is 0.139 e. The molecule has 0 aliphatic carbocycles. The van der Waals surface area contributed by atoms with Gasteiger partial charge in [-0.25, -0.2) is 0 Å². The Bertz CT molecular complexity index is 2300. The van der Waals surface area contributed by atoms with Crippen molar-refractivity contribution in [3.05, 3.63) is 121 Å². The van der Waals surface area contributed by atoms with Gasteiger partial charge in [0.05, 0.1) is 0 Å². The topological polar surface area (TPSA) is 0 Å². The predicted molar refractivity (Wildman–Crippen MR) is 203 cm³/mol. The molecule has 43 heavy (non-hydrogen) atoms. The van der Waals surface area contributed by atoms with E-state index in [1.54, 1.807) is 0 Å². The van der Waals surface area contributed by atoms with Crippen molar-refractivity contribution in [2.45, 2.75) is 0 Å². The van der Waals surface area contributed by atoms with E-state index in [4.69, 9.17) is 0 Å². The minimum atomic E-state index is 1.26. The second-order valence-corrected chi connectivity index (χ2v) is 12.8. The first-order valence-corrected chi connectivity index (χ1v) is 15.9. The lowest BCUT2D eigenvalue weighted by atomic mass is 9.61. The summed E-state index contributed by atoms with van der Waals surface area (Å²) >= 11 is 1.89. The number of hydrogen-bond donors (Lipinski definition) is 0. The SMILES string of the molecule is Bc1c(B)c(-c2cccc3sc4ccccc4c23)c(B)c(B)c1-c1c2ccccc2c(-c2ccccc2)c2ccccc12. The summed E-state index contributed by atoms with van der Waals surface area (Å²) in [6, 6.07) is 44.5. The maximum absolute atomic E-state index is 2.33. The lowest BCUT2D eigenvalue weighted by Gasteiger charge is -2.26. The number of rotatable bonds is 3. The molecule has 0 fully saturated rings. The monoisotopic (exact) mass is 560 g/mol. The van der Waals surface area contributed by atoms with Crippen molar-refractivity contribution < 1.29 is 0 Å². The minimum Gasteiger partial charge on any atom is -0.135 e. The van der Waals surface area contributed by atoms with Gasteiger partial charge in [-0.1, -0.05) is 131 Å². The Morgan fingerprint density at radius 1 is 0.349 bits per heavy atom. The third kappa shape index (κ3) is 3.88. The van der Waals surface area contributed by atoms with E-state index in [0.717, 1.165) is 0 Å². The van der Waals surface area contributed by atoms with Crippen LogP contribution in [0.4, 0.5) is 0 Å². The van der Waals surface area contributed by atoms with Crippen molar-refractivity contribution in [1.82, 2.24) is 0 Å². The van der Waals surface area contributed by atoms with E-state index in [1.807, 2.05) is 11.3 Å². The summed E-state index contributed by atoms with van der Waals surface area (Å²) in [5, 5.41) is 7.95. The van der Waals surface area contributed by atoms with Crippen LogP contribution in [0.5, 0.6) is 0 Å². The molecule has 1 heterocycles. The molecule has 0 saturated carbocycles. The summed E-state index contributed by atoms with van der Waals surface area (Å²) in [4.78, 5) is 0. The quantitative estimate of drug-likeness (QED) is 0.222. The molecule has 198 valence electrons. The van der Waals surface area contributed by atoms with Gasteiger partial charge in [-0.15, -0.1) is 11.3 Å². The van der Waals surface area contributed by atoms with Gasteiger partial charge in [0.2, 0.25) is 0 Å². The first-order chi connectivity index (χ1) is 21.0. The van der Waals surface area contributed by atoms with Gasteiger partial charge < -0.3 is 0 Å². The standard InChI is InChI=1S/C38H28B4S/c39-35-33(27-18-10-20-29-31(27)26-17-8-9-19-28(26)43-29)36(40)38(42)34(37(35)41)32-24-15-6-4-13-22(24)30(21-11-2-1-3-12-21)23-14-5-7-16-25(23)32/h1-20H,39-42H2. The molecule has 0 spiro atoms. The summed E-state index contributed by atoms with van der Waals surface area (Å²) in [7, 11) is 9.33. The van der Waals surface area contributed by atoms with Crippen molar-refractivity contribution in [2.75, 3.05) is 0 Å². The zero-order valence-corrected chi connectivity index (χ0v) is 25.8. The number of hydrogen-bond acceptors (Lipinski definition) is 1. The molecule has 0 atom stereocenters. The highest BCUT2D eigenvalue weighted by Crippen LogP contribution is 2.43. The van der Waals surface area contributed by atoms with Crippen LogP contribution in [0.25, 0.3) is 75.1 Å². The molecule has 8 aromatic rings. The van der Waals surface area contributed by atoms with E-state index in [0.29, 0.717) is 0 Å². The molecule has 0 bridgehead atoms. The van der Waals surface area contributed by atoms with Crippen molar-refractivity contribution in [2.24, 2.45) is 0 Å². The average molecular weight is 560 g/mol. The highest BCUT2D eigenvalue weighted by atomic mass is 32.1. The lowest BCUT2D eigenvalue weighted by molar-refractivity contribution is 1.67. The third-order valence-electron chi connectivity index (χ3n) is 9.54. The van der Waals surface area contributed by atoms with Crippen LogP contribution in [0.1, 0.15) is 0 Å². The Balaban J connectivity index is 1.48. The molecule has 1 aromatic heterocycles. The fraction of sp³-hybridized carbons (Fsp3) is 0. The maximum atomic E-state index is 2.33. The van der Waals surface area contributed by atoms with Crippen LogP contribution >= 0.6 is 11.3 Å². The molecule has 0 aliphatic heterocycles. The number of thiophene rings is 1. The molecule has 7 aromatic carbocycles. The molecule has 0 saturated heterocycles. The number of fused-ring (bicyclic) bond motifs is 5. The van der Waals surface area contributed by atoms with Crippen LogP contribution in [-0.2, 0) is 0 Å². The summed E-state index contributed by atoms with van der Waals surface area (Å²) in [5.41, 5.74) is 13.4. The smallest absolute Gasteiger partial charge is 0.135 e. The zero-order chi connectivity index (χ0) is 29.2. The Labute approximate surface area is 260 Å². The van der Waals surface area contributed by atoms with Gasteiger partial charge in [0.15, 0.2) is 0 Å². The molecule has 0 aliphatic rings. The van der Waals surface area contributed by atoms with Gasteiger partial charge in [-0.05, 0) is 67.1 Å². The van der Waals surface area contributed by atoms with E-state index in [1.165, 1.54) is 96.9 Å². The summed E-state index contributed by atoms with van der Waals surface area (Å²) in [6.07, 6.45) is 0. The normalized spacial score (nSPS) is 11.6. The predicted octanol–water partition coefficient (Wildman–Crippen LogP) is 4.40. The fourth-order valence-electron chi connectivity index (χ4n) is 7.39. The summed E-state index contributed by atoms with van der Waals surface area (Å²) in [6.45, 7) is 0. The molecular formula is C38H28B4S. The Kier molecular flexibility index (Phi) is 6.13. The summed E-state index contributed by atoms with van der Waals surface area (Å²) in [5.74, 6) is 0. The van der Waals surface area contributed by atoms with Crippen LogP contribution in [-0.4, -0.2) is 31.4 Å². The molecule has 8 rings (SSSR count). The fourth-order valence-corrected chi connectivity index (χ4v) is 8.52. The first kappa shape index (κ1) is 26.2. The van der Waals surface area contributed by atoms with Gasteiger partial charge in [0.1, 0.15) is 31.4 Å². The second kappa shape index (κ2) is 10.1. The first-order valence-electron chi connectivity index (χ1n) is 15.0. The van der Waals surface area contributed by atoms with Gasteiger partial charge in [-0.2, -0.15) is 0 Å². The Morgan fingerprint density at radius 2 is 0.814 bits per heavy atom. The van der Waals surface area contributed by atoms with Crippen LogP contribution in [0.3, 0.4) is 0 Å². The summed E-state index contributed by atoms with van der Waals surface area (Å²) < 4.78 is 2.70. The highest BCUT2D eigenvalue weighted by Gasteiger charge is 2.23. The molecule has 0 nitrogen and oxygen atoms in total. The molecule has 0 N–H and O–H groups in total. The van der Waals surface area contributed by atoms with Crippen LogP contribution in [0.15, 0.2) is 121 Å². The maximum Gasteiger partial charge on any atom is 0.139 e. The average Bonchev–Trinajstić information content (AvgIpc) is 3.43. The Hall–Kier alpha value is -4.46. The molecule has 5 heteroatoms. The van der Waals surface area contributed by atoms with Gasteiger partial charge >= 0.3 is 0 Å². The second-order valence-electron chi connectivity index (χ2n) is 11.7. The Morgan fingerprint density at radius 3 is 1.42 bits per heavy atom. The van der Waals surface area contributed by atoms with Crippen molar-refractivity contribution in [1.29, 1.82) is 0 Å². The van der Waals surface area contributed by atoms with E-state index in [2.05, 4.69) is 153 Å². The van der Waals surface area contributed by atoms with Crippen molar-refractivity contribution >= 4 is 106 Å². The highest BCUT2D eigenvalue weighted by molar-refractivity contribution is 7.26. The van der Waals surface area contributed by atoms with Crippen LogP contribution in [0.2, 0.25) is 0 Å². The van der Waals surface area contributed by atoms with Crippen molar-refractivity contribution in [3.8, 4) is 33.4 Å². The van der Waals surface area contributed by atoms with Gasteiger partial charge in [-0.3, -0.25) is 0 Å². The van der Waals surface area contributed by atoms with Crippen LogP contribution in [0, 0.1) is 0 Å². The molecule has 0 radical (unpaired) electrons. The van der Waals surface area contributed by atoms with Gasteiger partial charge in [0, 0.05) is 20.2 Å². The third-order valence-corrected chi connectivity index (χ3v) is 10.7. The lowest BCUT2D eigenvalue weighted by Crippen LogP contribution is -2.44. The molecular weight excluding hydrogens is 532 g/mol. The van der Waals surface area contributed by atoms with Gasteiger partial charge in [0.25, 0.3) is 0 Å². The van der Waals surface area contributed by atoms with Crippen LogP contribution < -0.4 is 21.9 Å². The number of benzene rings is 7. The van der Waals surface area contributed by atoms with E-state index < -0.39 is 0 Å². The minimum absolute atomic E-state index is 1.26.